The summed E-state index contributed by atoms with van der Waals surface area (Å²) >= 11 is 1.43. The third-order valence-corrected chi connectivity index (χ3v) is 7.70. The maximum Gasteiger partial charge on any atom is 0.194 e. The van der Waals surface area contributed by atoms with E-state index < -0.39 is 6.10 Å². The summed E-state index contributed by atoms with van der Waals surface area (Å²) in [5.41, 5.74) is 2.04. The fraction of sp³-hybridized carbons (Fsp3) is 0.407. The predicted molar refractivity (Wildman–Crippen MR) is 135 cm³/mol. The molecule has 0 amide bonds. The number of fused-ring (bicyclic) bond motifs is 1. The molecule has 0 radical (unpaired) electrons. The third kappa shape index (κ3) is 5.50. The lowest BCUT2D eigenvalue weighted by molar-refractivity contribution is 0.0586. The molecule has 1 saturated heterocycles. The van der Waals surface area contributed by atoms with Crippen LogP contribution in [-0.2, 0) is 9.47 Å². The van der Waals surface area contributed by atoms with Gasteiger partial charge in [-0.1, -0.05) is 29.9 Å². The van der Waals surface area contributed by atoms with Crippen molar-refractivity contribution in [1.82, 2.24) is 9.88 Å². The first kappa shape index (κ1) is 23.8. The van der Waals surface area contributed by atoms with Gasteiger partial charge in [0.1, 0.15) is 35.7 Å². The zero-order valence-electron chi connectivity index (χ0n) is 19.8. The summed E-state index contributed by atoms with van der Waals surface area (Å²) in [7, 11) is 1.61. The Morgan fingerprint density at radius 2 is 2.17 bits per heavy atom. The molecule has 1 aromatic carbocycles. The molecule has 1 fully saturated rings. The quantitative estimate of drug-likeness (QED) is 0.520. The number of allylic oxidation sites excluding steroid dienone is 4. The number of aliphatic hydroxyl groups is 1. The largest absolute Gasteiger partial charge is 0.494 e. The lowest BCUT2D eigenvalue weighted by atomic mass is 9.92. The molecule has 35 heavy (non-hydrogen) atoms. The Morgan fingerprint density at radius 1 is 1.31 bits per heavy atom. The van der Waals surface area contributed by atoms with E-state index in [9.17, 15) is 9.90 Å². The van der Waals surface area contributed by atoms with Gasteiger partial charge in [-0.15, -0.1) is 11.3 Å². The molecule has 1 unspecified atom stereocenters. The van der Waals surface area contributed by atoms with Crippen molar-refractivity contribution in [2.75, 3.05) is 26.7 Å². The number of carbonyl (C=O) groups excluding carboxylic acids is 1. The number of aliphatic hydroxyl groups excluding tert-OH is 1. The molecule has 0 bridgehead atoms. The first-order valence-electron chi connectivity index (χ1n) is 12.1. The molecule has 3 aliphatic rings. The molecular weight excluding hydrogens is 464 g/mol. The van der Waals surface area contributed by atoms with Crippen molar-refractivity contribution in [3.8, 4) is 5.75 Å². The highest BCUT2D eigenvalue weighted by Gasteiger charge is 2.30. The number of Topliss-reactive ketones (excluding diaryl/α,β-unsaturated/α-hetero) is 1. The molecule has 7 nitrogen and oxygen atoms in total. The normalized spacial score (nSPS) is 19.9. The highest BCUT2D eigenvalue weighted by molar-refractivity contribution is 7.20. The smallest absolute Gasteiger partial charge is 0.194 e. The van der Waals surface area contributed by atoms with Crippen LogP contribution in [0.1, 0.15) is 41.9 Å². The first-order chi connectivity index (χ1) is 17.1. The number of aromatic nitrogens is 1. The lowest BCUT2D eigenvalue weighted by Crippen LogP contribution is -2.41. The van der Waals surface area contributed by atoms with Gasteiger partial charge >= 0.3 is 0 Å². The maximum absolute atomic E-state index is 13.1. The summed E-state index contributed by atoms with van der Waals surface area (Å²) in [4.78, 5) is 19.9. The van der Waals surface area contributed by atoms with Gasteiger partial charge in [0.2, 0.25) is 0 Å². The summed E-state index contributed by atoms with van der Waals surface area (Å²) in [6.07, 6.45) is 12.8. The maximum atomic E-state index is 13.1. The van der Waals surface area contributed by atoms with Crippen LogP contribution in [0.4, 0.5) is 0 Å². The number of ether oxygens (including phenoxy) is 3. The van der Waals surface area contributed by atoms with E-state index >= 15 is 0 Å². The number of benzene rings is 1. The van der Waals surface area contributed by atoms with Gasteiger partial charge in [0.15, 0.2) is 16.6 Å². The number of para-hydroxylation sites is 1. The third-order valence-electron chi connectivity index (χ3n) is 6.66. The second-order valence-electron chi connectivity index (χ2n) is 9.09. The van der Waals surface area contributed by atoms with Gasteiger partial charge in [-0.05, 0) is 50.9 Å². The molecule has 8 heteroatoms. The Hall–Kier alpha value is -2.94. The van der Waals surface area contributed by atoms with Crippen LogP contribution in [0.5, 0.6) is 5.75 Å². The SMILES string of the molecule is COc1cccc2sc(C(=O)C3CCN(CC(O)C4=COC=C(CC5=CC=CCC5)O4)CC3)nc12. The standard InChI is InChI=1S/C27H30N2O5S/c1-32-22-8-5-9-24-25(22)28-27(35-24)26(31)19-10-12-29(13-11-19)15-21(30)23-17-33-16-20(34-23)14-18-6-3-2-4-7-18/h2-3,5-6,8-9,16-17,19,21,30H,4,7,10-15H2,1H3. The number of β-amino-alcohol motifs (C(OH)–C–C–N with tert-alkyl or cyclic N) is 1. The van der Waals surface area contributed by atoms with Crippen LogP contribution in [0.2, 0.25) is 0 Å². The number of carbonyl (C=O) groups is 1. The van der Waals surface area contributed by atoms with Crippen LogP contribution in [-0.4, -0.2) is 53.6 Å². The van der Waals surface area contributed by atoms with E-state index in [4.69, 9.17) is 14.2 Å². The zero-order chi connectivity index (χ0) is 24.2. The number of hydrogen-bond acceptors (Lipinski definition) is 8. The van der Waals surface area contributed by atoms with E-state index in [0.29, 0.717) is 35.2 Å². The Labute approximate surface area is 209 Å². The molecule has 0 spiro atoms. The number of nitrogens with zero attached hydrogens (tertiary/aromatic N) is 2. The van der Waals surface area contributed by atoms with Crippen LogP contribution in [0.3, 0.4) is 0 Å². The minimum atomic E-state index is -0.789. The summed E-state index contributed by atoms with van der Waals surface area (Å²) in [5, 5.41) is 11.3. The van der Waals surface area contributed by atoms with Crippen molar-refractivity contribution in [2.45, 2.75) is 38.2 Å². The van der Waals surface area contributed by atoms with E-state index in [0.717, 1.165) is 49.0 Å². The van der Waals surface area contributed by atoms with Crippen molar-refractivity contribution in [3.05, 3.63) is 71.1 Å². The average Bonchev–Trinajstić information content (AvgIpc) is 3.34. The highest BCUT2D eigenvalue weighted by atomic mass is 32.1. The van der Waals surface area contributed by atoms with Gasteiger partial charge in [-0.25, -0.2) is 4.98 Å². The molecule has 184 valence electrons. The van der Waals surface area contributed by atoms with Crippen LogP contribution in [0.15, 0.2) is 66.0 Å². The number of hydrogen-bond donors (Lipinski definition) is 1. The molecule has 3 heterocycles. The Kier molecular flexibility index (Phi) is 7.32. The fourth-order valence-electron chi connectivity index (χ4n) is 4.70. The molecule has 1 aliphatic carbocycles. The number of thiazole rings is 1. The zero-order valence-corrected chi connectivity index (χ0v) is 20.6. The fourth-order valence-corrected chi connectivity index (χ4v) is 5.71. The molecule has 2 aliphatic heterocycles. The van der Waals surface area contributed by atoms with Crippen molar-refractivity contribution in [1.29, 1.82) is 0 Å². The summed E-state index contributed by atoms with van der Waals surface area (Å²) < 4.78 is 17.7. The van der Waals surface area contributed by atoms with Crippen molar-refractivity contribution in [2.24, 2.45) is 5.92 Å². The first-order valence-corrected chi connectivity index (χ1v) is 12.9. The van der Waals surface area contributed by atoms with Crippen molar-refractivity contribution >= 4 is 27.3 Å². The van der Waals surface area contributed by atoms with Crippen LogP contribution < -0.4 is 4.74 Å². The average molecular weight is 495 g/mol. The monoisotopic (exact) mass is 494 g/mol. The highest BCUT2D eigenvalue weighted by Crippen LogP contribution is 2.32. The predicted octanol–water partition coefficient (Wildman–Crippen LogP) is 4.96. The molecule has 0 saturated carbocycles. The molecule has 1 N–H and O–H groups in total. The van der Waals surface area contributed by atoms with Gasteiger partial charge in [0.25, 0.3) is 0 Å². The Balaban J connectivity index is 1.12. The summed E-state index contributed by atoms with van der Waals surface area (Å²) in [6.45, 7) is 1.91. The number of rotatable bonds is 8. The van der Waals surface area contributed by atoms with Gasteiger partial charge in [0.05, 0.1) is 11.8 Å². The number of methoxy groups -OCH3 is 1. The van der Waals surface area contributed by atoms with E-state index in [1.54, 1.807) is 13.4 Å². The Morgan fingerprint density at radius 3 is 2.94 bits per heavy atom. The molecular formula is C27H30N2O5S. The number of ketones is 1. The summed E-state index contributed by atoms with van der Waals surface area (Å²) in [5.74, 6) is 1.86. The van der Waals surface area contributed by atoms with E-state index in [1.165, 1.54) is 23.2 Å². The van der Waals surface area contributed by atoms with Crippen molar-refractivity contribution in [3.63, 3.8) is 0 Å². The van der Waals surface area contributed by atoms with E-state index in [1.807, 2.05) is 18.2 Å². The molecule has 1 aromatic heterocycles. The minimum Gasteiger partial charge on any atom is -0.494 e. The molecule has 1 atom stereocenters. The van der Waals surface area contributed by atoms with E-state index in [2.05, 4.69) is 28.1 Å². The van der Waals surface area contributed by atoms with Crippen LogP contribution in [0.25, 0.3) is 10.2 Å². The van der Waals surface area contributed by atoms with Crippen LogP contribution in [0, 0.1) is 5.92 Å². The second kappa shape index (κ2) is 10.8. The van der Waals surface area contributed by atoms with Gasteiger partial charge in [-0.3, -0.25) is 4.79 Å². The van der Waals surface area contributed by atoms with Crippen LogP contribution >= 0.6 is 11.3 Å². The van der Waals surface area contributed by atoms with Gasteiger partial charge in [-0.2, -0.15) is 0 Å². The lowest BCUT2D eigenvalue weighted by Gasteiger charge is -2.32. The van der Waals surface area contributed by atoms with Crippen molar-refractivity contribution < 1.29 is 24.1 Å². The van der Waals surface area contributed by atoms with Gasteiger partial charge < -0.3 is 24.2 Å². The number of piperidine rings is 1. The molecule has 5 rings (SSSR count). The van der Waals surface area contributed by atoms with E-state index in [-0.39, 0.29) is 11.7 Å². The molecule has 2 aromatic rings. The number of likely N-dealkylation sites (tertiary alicyclic amines) is 1. The minimum absolute atomic E-state index is 0.0595. The summed E-state index contributed by atoms with van der Waals surface area (Å²) in [6, 6.07) is 5.74. The second-order valence-corrected chi connectivity index (χ2v) is 10.1. The topological polar surface area (TPSA) is 81.1 Å². The Bertz CT molecular complexity index is 1200. The van der Waals surface area contributed by atoms with Gasteiger partial charge in [0, 0.05) is 18.9 Å².